The van der Waals surface area contributed by atoms with Gasteiger partial charge in [0, 0.05) is 12.6 Å². The summed E-state index contributed by atoms with van der Waals surface area (Å²) in [6.07, 6.45) is 3.60. The summed E-state index contributed by atoms with van der Waals surface area (Å²) in [7, 11) is 0. The molecule has 0 aliphatic rings. The van der Waals surface area contributed by atoms with Gasteiger partial charge in [-0.1, -0.05) is 37.3 Å². The molecule has 4 nitrogen and oxygen atoms in total. The SMILES string of the molecule is CCCNc1ncnc(NC(C)Cc2ccccc2)c1Br. The normalized spacial score (nSPS) is 12.0. The van der Waals surface area contributed by atoms with Crippen LogP contribution in [0.15, 0.2) is 41.1 Å². The van der Waals surface area contributed by atoms with E-state index in [1.165, 1.54) is 5.56 Å². The van der Waals surface area contributed by atoms with Crippen LogP contribution in [0.2, 0.25) is 0 Å². The van der Waals surface area contributed by atoms with Crippen LogP contribution in [-0.2, 0) is 6.42 Å². The highest BCUT2D eigenvalue weighted by molar-refractivity contribution is 9.10. The Labute approximate surface area is 134 Å². The summed E-state index contributed by atoms with van der Waals surface area (Å²) >= 11 is 3.58. The average Bonchev–Trinajstić information content (AvgIpc) is 2.49. The van der Waals surface area contributed by atoms with E-state index in [1.54, 1.807) is 6.33 Å². The van der Waals surface area contributed by atoms with Crippen molar-refractivity contribution in [1.82, 2.24) is 9.97 Å². The third kappa shape index (κ3) is 4.70. The van der Waals surface area contributed by atoms with Gasteiger partial charge in [-0.15, -0.1) is 0 Å². The molecule has 5 heteroatoms. The van der Waals surface area contributed by atoms with Crippen molar-refractivity contribution < 1.29 is 0 Å². The van der Waals surface area contributed by atoms with Crippen LogP contribution in [0.1, 0.15) is 25.8 Å². The van der Waals surface area contributed by atoms with Crippen LogP contribution in [-0.4, -0.2) is 22.6 Å². The molecule has 0 aliphatic heterocycles. The van der Waals surface area contributed by atoms with Gasteiger partial charge in [0.15, 0.2) is 0 Å². The summed E-state index contributed by atoms with van der Waals surface area (Å²) < 4.78 is 0.887. The molecule has 0 saturated carbocycles. The lowest BCUT2D eigenvalue weighted by Crippen LogP contribution is -2.19. The van der Waals surface area contributed by atoms with E-state index in [-0.39, 0.29) is 6.04 Å². The molecule has 0 radical (unpaired) electrons. The van der Waals surface area contributed by atoms with Crippen LogP contribution in [0.4, 0.5) is 11.6 Å². The highest BCUT2D eigenvalue weighted by Gasteiger charge is 2.11. The summed E-state index contributed by atoms with van der Waals surface area (Å²) in [4.78, 5) is 8.58. The molecule has 0 fully saturated rings. The van der Waals surface area contributed by atoms with Crippen molar-refractivity contribution in [3.05, 3.63) is 46.7 Å². The van der Waals surface area contributed by atoms with Crippen molar-refractivity contribution in [2.45, 2.75) is 32.7 Å². The number of nitrogens with one attached hydrogen (secondary N) is 2. The molecule has 112 valence electrons. The largest absolute Gasteiger partial charge is 0.369 e. The van der Waals surface area contributed by atoms with Gasteiger partial charge in [-0.05, 0) is 41.3 Å². The second-order valence-electron chi connectivity index (χ2n) is 5.05. The van der Waals surface area contributed by atoms with E-state index < -0.39 is 0 Å². The summed E-state index contributed by atoms with van der Waals surface area (Å²) in [5, 5.41) is 6.73. The van der Waals surface area contributed by atoms with Crippen LogP contribution in [0.3, 0.4) is 0 Å². The van der Waals surface area contributed by atoms with E-state index in [9.17, 15) is 0 Å². The molecule has 1 heterocycles. The number of hydrogen-bond donors (Lipinski definition) is 2. The topological polar surface area (TPSA) is 49.8 Å². The third-order valence-electron chi connectivity index (χ3n) is 3.10. The van der Waals surface area contributed by atoms with E-state index >= 15 is 0 Å². The standard InChI is InChI=1S/C16H21BrN4/c1-3-9-18-15-14(17)16(20-11-19-15)21-12(2)10-13-7-5-4-6-8-13/h4-8,11-12H,3,9-10H2,1-2H3,(H2,18,19,20,21). The highest BCUT2D eigenvalue weighted by atomic mass is 79.9. The van der Waals surface area contributed by atoms with Crippen LogP contribution < -0.4 is 10.6 Å². The van der Waals surface area contributed by atoms with Crippen LogP contribution >= 0.6 is 15.9 Å². The molecule has 2 N–H and O–H groups in total. The van der Waals surface area contributed by atoms with Gasteiger partial charge >= 0.3 is 0 Å². The predicted octanol–water partition coefficient (Wildman–Crippen LogP) is 4.10. The number of aromatic nitrogens is 2. The summed E-state index contributed by atoms with van der Waals surface area (Å²) in [5.41, 5.74) is 1.31. The first kappa shape index (κ1) is 15.8. The molecule has 21 heavy (non-hydrogen) atoms. The van der Waals surface area contributed by atoms with Crippen molar-refractivity contribution in [1.29, 1.82) is 0 Å². The molecular formula is C16H21BrN4. The zero-order chi connectivity index (χ0) is 15.1. The quantitative estimate of drug-likeness (QED) is 0.790. The second kappa shape index (κ2) is 7.98. The number of rotatable bonds is 7. The number of hydrogen-bond acceptors (Lipinski definition) is 4. The van der Waals surface area contributed by atoms with Crippen molar-refractivity contribution in [2.24, 2.45) is 0 Å². The van der Waals surface area contributed by atoms with Gasteiger partial charge in [-0.3, -0.25) is 0 Å². The lowest BCUT2D eigenvalue weighted by atomic mass is 10.1. The summed E-state index contributed by atoms with van der Waals surface area (Å²) in [6.45, 7) is 5.18. The Morgan fingerprint density at radius 3 is 2.57 bits per heavy atom. The Bertz CT molecular complexity index is 559. The van der Waals surface area contributed by atoms with E-state index in [1.807, 2.05) is 6.07 Å². The minimum Gasteiger partial charge on any atom is -0.369 e. The van der Waals surface area contributed by atoms with Gasteiger partial charge in [-0.2, -0.15) is 0 Å². The fraction of sp³-hybridized carbons (Fsp3) is 0.375. The summed E-state index contributed by atoms with van der Waals surface area (Å²) in [5.74, 6) is 1.66. The Kier molecular flexibility index (Phi) is 5.99. The third-order valence-corrected chi connectivity index (χ3v) is 3.85. The van der Waals surface area contributed by atoms with E-state index in [2.05, 4.69) is 74.6 Å². The first-order valence-electron chi connectivity index (χ1n) is 7.25. The van der Waals surface area contributed by atoms with Crippen LogP contribution in [0.5, 0.6) is 0 Å². The Morgan fingerprint density at radius 2 is 1.86 bits per heavy atom. The molecule has 1 aromatic heterocycles. The molecule has 0 bridgehead atoms. The first-order chi connectivity index (χ1) is 10.2. The van der Waals surface area contributed by atoms with Gasteiger partial charge in [0.2, 0.25) is 0 Å². The second-order valence-corrected chi connectivity index (χ2v) is 5.84. The summed E-state index contributed by atoms with van der Waals surface area (Å²) in [6, 6.07) is 10.7. The van der Waals surface area contributed by atoms with Gasteiger partial charge in [0.25, 0.3) is 0 Å². The minimum atomic E-state index is 0.289. The molecule has 0 amide bonds. The van der Waals surface area contributed by atoms with Crippen LogP contribution in [0, 0.1) is 0 Å². The lowest BCUT2D eigenvalue weighted by Gasteiger charge is -2.17. The lowest BCUT2D eigenvalue weighted by molar-refractivity contribution is 0.782. The molecule has 2 aromatic rings. The maximum absolute atomic E-state index is 4.32. The van der Waals surface area contributed by atoms with E-state index in [0.717, 1.165) is 35.5 Å². The van der Waals surface area contributed by atoms with Crippen molar-refractivity contribution in [2.75, 3.05) is 17.2 Å². The average molecular weight is 349 g/mol. The molecule has 0 saturated heterocycles. The molecule has 0 aliphatic carbocycles. The molecule has 0 spiro atoms. The van der Waals surface area contributed by atoms with Gasteiger partial charge < -0.3 is 10.6 Å². The first-order valence-corrected chi connectivity index (χ1v) is 8.04. The zero-order valence-electron chi connectivity index (χ0n) is 12.4. The van der Waals surface area contributed by atoms with Crippen molar-refractivity contribution >= 4 is 27.6 Å². The Hall–Kier alpha value is -1.62. The highest BCUT2D eigenvalue weighted by Crippen LogP contribution is 2.27. The molecule has 1 atom stereocenters. The van der Waals surface area contributed by atoms with Crippen molar-refractivity contribution in [3.8, 4) is 0 Å². The number of anilines is 2. The zero-order valence-corrected chi connectivity index (χ0v) is 14.0. The Morgan fingerprint density at radius 1 is 1.14 bits per heavy atom. The number of halogens is 1. The van der Waals surface area contributed by atoms with Crippen molar-refractivity contribution in [3.63, 3.8) is 0 Å². The fourth-order valence-corrected chi connectivity index (χ4v) is 2.55. The molecule has 1 unspecified atom stereocenters. The van der Waals surface area contributed by atoms with E-state index in [0.29, 0.717) is 0 Å². The fourth-order valence-electron chi connectivity index (χ4n) is 2.09. The number of nitrogens with zero attached hydrogens (tertiary/aromatic N) is 2. The van der Waals surface area contributed by atoms with Gasteiger partial charge in [-0.25, -0.2) is 9.97 Å². The van der Waals surface area contributed by atoms with Gasteiger partial charge in [0.1, 0.15) is 22.4 Å². The monoisotopic (exact) mass is 348 g/mol. The minimum absolute atomic E-state index is 0.289. The van der Waals surface area contributed by atoms with Crippen LogP contribution in [0.25, 0.3) is 0 Å². The van der Waals surface area contributed by atoms with Gasteiger partial charge in [0.05, 0.1) is 0 Å². The maximum Gasteiger partial charge on any atom is 0.146 e. The molecular weight excluding hydrogens is 328 g/mol. The molecule has 1 aromatic carbocycles. The predicted molar refractivity (Wildman–Crippen MR) is 91.7 cm³/mol. The Balaban J connectivity index is 2.02. The molecule has 2 rings (SSSR count). The van der Waals surface area contributed by atoms with E-state index in [4.69, 9.17) is 0 Å². The smallest absolute Gasteiger partial charge is 0.146 e. The maximum atomic E-state index is 4.32. The number of benzene rings is 1.